The van der Waals surface area contributed by atoms with Crippen molar-refractivity contribution >= 4 is 34.1 Å². The van der Waals surface area contributed by atoms with E-state index in [0.717, 1.165) is 49.3 Å². The normalized spacial score (nSPS) is 14.2. The van der Waals surface area contributed by atoms with Gasteiger partial charge in [-0.3, -0.25) is 10.1 Å². The van der Waals surface area contributed by atoms with Crippen molar-refractivity contribution in [2.24, 2.45) is 0 Å². The maximum absolute atomic E-state index is 12.5. The van der Waals surface area contributed by atoms with Crippen molar-refractivity contribution in [2.75, 3.05) is 23.7 Å². The number of rotatable bonds is 3. The van der Waals surface area contributed by atoms with Crippen LogP contribution in [-0.2, 0) is 0 Å². The molecule has 3 rings (SSSR count). The zero-order valence-corrected chi connectivity index (χ0v) is 15.7. The number of hydrogen-bond donors (Lipinski definition) is 3. The first kappa shape index (κ1) is 18.2. The number of phenolic OH excluding ortho intramolecular Hbond substituents is 1. The van der Waals surface area contributed by atoms with E-state index in [1.807, 2.05) is 6.92 Å². The Labute approximate surface area is 156 Å². The summed E-state index contributed by atoms with van der Waals surface area (Å²) >= 11 is 1.12. The van der Waals surface area contributed by atoms with Gasteiger partial charge in [-0.15, -0.1) is 0 Å². The number of anilines is 2. The fourth-order valence-electron chi connectivity index (χ4n) is 2.91. The molecule has 0 unspecified atom stereocenters. The van der Waals surface area contributed by atoms with Crippen molar-refractivity contribution in [3.8, 4) is 5.75 Å². The van der Waals surface area contributed by atoms with E-state index in [1.54, 1.807) is 24.0 Å². The predicted octanol–water partition coefficient (Wildman–Crippen LogP) is 3.74. The van der Waals surface area contributed by atoms with E-state index in [9.17, 15) is 14.7 Å². The molecule has 138 valence electrons. The number of aromatic hydroxyl groups is 1. The lowest BCUT2D eigenvalue weighted by atomic mass is 10.1. The molecule has 1 saturated heterocycles. The quantitative estimate of drug-likeness (QED) is 0.763. The van der Waals surface area contributed by atoms with E-state index in [1.165, 1.54) is 6.20 Å². The smallest absolute Gasteiger partial charge is 0.323 e. The molecular weight excluding hydrogens is 352 g/mol. The predicted molar refractivity (Wildman–Crippen MR) is 102 cm³/mol. The zero-order chi connectivity index (χ0) is 18.7. The summed E-state index contributed by atoms with van der Waals surface area (Å²) in [5, 5.41) is 15.8. The molecule has 1 aliphatic heterocycles. The molecule has 8 heteroatoms. The van der Waals surface area contributed by atoms with Gasteiger partial charge in [-0.25, -0.2) is 9.78 Å². The second-order valence-corrected chi connectivity index (χ2v) is 7.39. The Kier molecular flexibility index (Phi) is 5.41. The average molecular weight is 374 g/mol. The number of likely N-dealkylation sites (tertiary alicyclic amines) is 1. The molecule has 1 aromatic carbocycles. The van der Waals surface area contributed by atoms with Crippen molar-refractivity contribution in [3.05, 3.63) is 34.3 Å². The number of amides is 3. The third-order valence-electron chi connectivity index (χ3n) is 4.47. The number of aryl methyl sites for hydroxylation is 1. The fraction of sp³-hybridized carbons (Fsp3) is 0.389. The monoisotopic (exact) mass is 374 g/mol. The second kappa shape index (κ2) is 7.74. The number of benzene rings is 1. The lowest BCUT2D eigenvalue weighted by molar-refractivity contribution is 0.103. The molecule has 0 atom stereocenters. The first-order valence-electron chi connectivity index (χ1n) is 8.58. The van der Waals surface area contributed by atoms with Crippen LogP contribution >= 0.6 is 11.3 Å². The molecule has 3 N–H and O–H groups in total. The highest BCUT2D eigenvalue weighted by Gasteiger charge is 2.19. The molecule has 0 radical (unpaired) electrons. The Bertz CT molecular complexity index is 828. The van der Waals surface area contributed by atoms with Crippen LogP contribution in [0.5, 0.6) is 5.75 Å². The van der Waals surface area contributed by atoms with Crippen LogP contribution in [-0.4, -0.2) is 40.0 Å². The van der Waals surface area contributed by atoms with Crippen molar-refractivity contribution < 1.29 is 14.7 Å². The lowest BCUT2D eigenvalue weighted by Crippen LogP contribution is -2.38. The Morgan fingerprint density at radius 3 is 2.62 bits per heavy atom. The zero-order valence-electron chi connectivity index (χ0n) is 14.8. The molecule has 2 aromatic rings. The van der Waals surface area contributed by atoms with Crippen LogP contribution in [0.2, 0.25) is 0 Å². The number of thiazole rings is 1. The number of hydrogen-bond acceptors (Lipinski definition) is 5. The molecule has 0 bridgehead atoms. The lowest BCUT2D eigenvalue weighted by Gasteiger charge is -2.26. The number of carbonyl (C=O) groups is 2. The number of carbonyl (C=O) groups excluding carboxylic acids is 2. The van der Waals surface area contributed by atoms with Crippen LogP contribution in [0, 0.1) is 13.8 Å². The summed E-state index contributed by atoms with van der Waals surface area (Å²) in [7, 11) is 0. The summed E-state index contributed by atoms with van der Waals surface area (Å²) < 4.78 is 0. The minimum absolute atomic E-state index is 0.129. The largest absolute Gasteiger partial charge is 0.508 e. The molecule has 1 aliphatic rings. The number of phenols is 1. The van der Waals surface area contributed by atoms with Crippen LogP contribution in [0.1, 0.15) is 40.1 Å². The standard InChI is InChI=1S/C18H22N4O3S/c1-11-6-7-13(23)12(2)15(11)20-16(24)14-10-19-17(26-14)21-18(25)22-8-4-3-5-9-22/h6-7,10,23H,3-5,8-9H2,1-2H3,(H,20,24)(H,19,21,25). The van der Waals surface area contributed by atoms with E-state index in [2.05, 4.69) is 15.6 Å². The van der Waals surface area contributed by atoms with Gasteiger partial charge in [0.15, 0.2) is 5.13 Å². The highest BCUT2D eigenvalue weighted by Crippen LogP contribution is 2.29. The van der Waals surface area contributed by atoms with Gasteiger partial charge >= 0.3 is 6.03 Å². The molecular formula is C18H22N4O3S. The molecule has 1 aromatic heterocycles. The van der Waals surface area contributed by atoms with E-state index in [-0.39, 0.29) is 17.7 Å². The molecule has 7 nitrogen and oxygen atoms in total. The Hall–Kier alpha value is -2.61. The third-order valence-corrected chi connectivity index (χ3v) is 5.38. The van der Waals surface area contributed by atoms with Gasteiger partial charge in [0.1, 0.15) is 10.6 Å². The SMILES string of the molecule is Cc1ccc(O)c(C)c1NC(=O)c1cnc(NC(=O)N2CCCCC2)s1. The number of aromatic nitrogens is 1. The summed E-state index contributed by atoms with van der Waals surface area (Å²) in [6.45, 7) is 5.11. The minimum atomic E-state index is -0.322. The van der Waals surface area contributed by atoms with Crippen molar-refractivity contribution in [1.29, 1.82) is 0 Å². The molecule has 0 spiro atoms. The van der Waals surface area contributed by atoms with E-state index >= 15 is 0 Å². The van der Waals surface area contributed by atoms with Gasteiger partial charge in [0.05, 0.1) is 11.9 Å². The van der Waals surface area contributed by atoms with Gasteiger partial charge in [-0.2, -0.15) is 0 Å². The molecule has 0 aliphatic carbocycles. The van der Waals surface area contributed by atoms with Crippen molar-refractivity contribution in [3.63, 3.8) is 0 Å². The number of urea groups is 1. The van der Waals surface area contributed by atoms with Crippen LogP contribution in [0.4, 0.5) is 15.6 Å². The number of nitrogens with zero attached hydrogens (tertiary/aromatic N) is 2. The maximum Gasteiger partial charge on any atom is 0.323 e. The second-order valence-electron chi connectivity index (χ2n) is 6.36. The third kappa shape index (κ3) is 3.96. The van der Waals surface area contributed by atoms with Crippen LogP contribution < -0.4 is 10.6 Å². The summed E-state index contributed by atoms with van der Waals surface area (Å²) in [5.74, 6) is -0.192. The fourth-order valence-corrected chi connectivity index (χ4v) is 3.61. The Balaban J connectivity index is 1.67. The van der Waals surface area contributed by atoms with Gasteiger partial charge < -0.3 is 15.3 Å². The van der Waals surface area contributed by atoms with Crippen LogP contribution in [0.25, 0.3) is 0 Å². The van der Waals surface area contributed by atoms with Gasteiger partial charge in [0.25, 0.3) is 5.91 Å². The van der Waals surface area contributed by atoms with Gasteiger partial charge in [0.2, 0.25) is 0 Å². The van der Waals surface area contributed by atoms with Gasteiger partial charge in [-0.05, 0) is 44.7 Å². The number of nitrogens with one attached hydrogen (secondary N) is 2. The number of piperidine rings is 1. The van der Waals surface area contributed by atoms with Gasteiger partial charge in [-0.1, -0.05) is 17.4 Å². The molecule has 0 saturated carbocycles. The van der Waals surface area contributed by atoms with Crippen LogP contribution in [0.3, 0.4) is 0 Å². The highest BCUT2D eigenvalue weighted by atomic mass is 32.1. The highest BCUT2D eigenvalue weighted by molar-refractivity contribution is 7.17. The summed E-state index contributed by atoms with van der Waals surface area (Å²) in [4.78, 5) is 31.0. The molecule has 26 heavy (non-hydrogen) atoms. The summed E-state index contributed by atoms with van der Waals surface area (Å²) in [5.41, 5.74) is 2.06. The Morgan fingerprint density at radius 1 is 1.15 bits per heavy atom. The van der Waals surface area contributed by atoms with Crippen LogP contribution in [0.15, 0.2) is 18.3 Å². The molecule has 2 heterocycles. The molecule has 3 amide bonds. The summed E-state index contributed by atoms with van der Waals surface area (Å²) in [6.07, 6.45) is 4.63. The van der Waals surface area contributed by atoms with Crippen molar-refractivity contribution in [2.45, 2.75) is 33.1 Å². The summed E-state index contributed by atoms with van der Waals surface area (Å²) in [6, 6.07) is 3.17. The van der Waals surface area contributed by atoms with Crippen molar-refractivity contribution in [1.82, 2.24) is 9.88 Å². The van der Waals surface area contributed by atoms with E-state index in [0.29, 0.717) is 21.3 Å². The topological polar surface area (TPSA) is 94.6 Å². The average Bonchev–Trinajstić information content (AvgIpc) is 3.11. The Morgan fingerprint density at radius 2 is 1.88 bits per heavy atom. The first-order chi connectivity index (χ1) is 12.5. The molecule has 1 fully saturated rings. The first-order valence-corrected chi connectivity index (χ1v) is 9.39. The maximum atomic E-state index is 12.5. The van der Waals surface area contributed by atoms with Gasteiger partial charge in [0, 0.05) is 18.7 Å². The van der Waals surface area contributed by atoms with E-state index in [4.69, 9.17) is 0 Å². The van der Waals surface area contributed by atoms with E-state index < -0.39 is 0 Å². The minimum Gasteiger partial charge on any atom is -0.508 e.